The maximum atomic E-state index is 13.8. The van der Waals surface area contributed by atoms with E-state index in [0.717, 1.165) is 18.3 Å². The molecule has 0 aliphatic carbocycles. The third kappa shape index (κ3) is 7.35. The van der Waals surface area contributed by atoms with Gasteiger partial charge in [-0.3, -0.25) is 9.78 Å². The zero-order chi connectivity index (χ0) is 27.5. The van der Waals surface area contributed by atoms with Crippen LogP contribution < -0.4 is 5.32 Å². The number of allylic oxidation sites excluding steroid dienone is 1. The van der Waals surface area contributed by atoms with Crippen LogP contribution in [0.5, 0.6) is 0 Å². The van der Waals surface area contributed by atoms with Crippen molar-refractivity contribution in [1.82, 2.24) is 10.3 Å². The minimum Gasteiger partial charge on any atom is -0.348 e. The van der Waals surface area contributed by atoms with E-state index in [4.69, 9.17) is 11.6 Å². The van der Waals surface area contributed by atoms with Gasteiger partial charge >= 0.3 is 12.4 Å². The van der Waals surface area contributed by atoms with Gasteiger partial charge in [0.15, 0.2) is 0 Å². The fraction of sp³-hybridized carbons (Fsp3) is 0.231. The summed E-state index contributed by atoms with van der Waals surface area (Å²) < 4.78 is 79.6. The van der Waals surface area contributed by atoms with Gasteiger partial charge in [-0.2, -0.15) is 26.3 Å². The number of hydrogen-bond acceptors (Lipinski definition) is 2. The summed E-state index contributed by atoms with van der Waals surface area (Å²) in [6, 6.07) is 9.20. The number of aromatic nitrogens is 1. The number of nitrogens with one attached hydrogen (secondary N) is 1. The highest BCUT2D eigenvalue weighted by molar-refractivity contribution is 9.10. The predicted molar refractivity (Wildman–Crippen MR) is 133 cm³/mol. The Hall–Kier alpha value is -2.85. The molecular formula is C26H20BrClF6N2O. The Bertz CT molecular complexity index is 1300. The zero-order valence-electron chi connectivity index (χ0n) is 19.4. The minimum absolute atomic E-state index is 0.0182. The van der Waals surface area contributed by atoms with Crippen LogP contribution in [-0.4, -0.2) is 17.1 Å². The summed E-state index contributed by atoms with van der Waals surface area (Å²) in [5, 5.41) is 2.82. The lowest BCUT2D eigenvalue weighted by atomic mass is 9.94. The minimum atomic E-state index is -4.56. The van der Waals surface area contributed by atoms with Crippen LogP contribution in [0.1, 0.15) is 49.8 Å². The summed E-state index contributed by atoms with van der Waals surface area (Å²) in [6.07, 6.45) is -5.76. The second-order valence-corrected chi connectivity index (χ2v) is 9.56. The first-order valence-electron chi connectivity index (χ1n) is 10.8. The normalized spacial score (nSPS) is 13.1. The third-order valence-corrected chi connectivity index (χ3v) is 6.67. The fourth-order valence-electron chi connectivity index (χ4n) is 3.43. The van der Waals surface area contributed by atoms with Gasteiger partial charge in [-0.15, -0.1) is 0 Å². The molecule has 1 N–H and O–H groups in total. The number of halogens is 8. The molecule has 3 aromatic rings. The molecule has 1 heterocycles. The van der Waals surface area contributed by atoms with E-state index >= 15 is 0 Å². The van der Waals surface area contributed by atoms with Gasteiger partial charge < -0.3 is 5.32 Å². The standard InChI is InChI=1S/C26H20BrClF6N2O/c1-14-9-18(11-22(28)15(14)2)20(25(29,30)31)7-4-16-3-6-19(21(27)10-16)24(37)36-13-17-5-8-23(35-12-17)26(32,33)34/h3-12,20H,13H2,1-2H3,(H,36,37)/b7-4+. The lowest BCUT2D eigenvalue weighted by molar-refractivity contribution is -0.141. The molecule has 1 atom stereocenters. The Morgan fingerprint density at radius 3 is 2.32 bits per heavy atom. The average molecular weight is 606 g/mol. The maximum absolute atomic E-state index is 13.8. The van der Waals surface area contributed by atoms with Crippen LogP contribution in [0.2, 0.25) is 5.02 Å². The van der Waals surface area contributed by atoms with Crippen molar-refractivity contribution in [1.29, 1.82) is 0 Å². The first-order chi connectivity index (χ1) is 17.2. The number of alkyl halides is 6. The van der Waals surface area contributed by atoms with E-state index in [1.54, 1.807) is 13.8 Å². The van der Waals surface area contributed by atoms with Gasteiger partial charge in [0.25, 0.3) is 5.91 Å². The fourth-order valence-corrected chi connectivity index (χ4v) is 4.28. The van der Waals surface area contributed by atoms with E-state index in [2.05, 4.69) is 26.2 Å². The van der Waals surface area contributed by atoms with Crippen LogP contribution in [0.4, 0.5) is 26.3 Å². The first kappa shape index (κ1) is 28.7. The second-order valence-electron chi connectivity index (χ2n) is 8.29. The molecule has 37 heavy (non-hydrogen) atoms. The monoisotopic (exact) mass is 604 g/mol. The molecule has 0 spiro atoms. The molecule has 0 fully saturated rings. The summed E-state index contributed by atoms with van der Waals surface area (Å²) in [5.41, 5.74) is 1.32. The summed E-state index contributed by atoms with van der Waals surface area (Å²) >= 11 is 9.36. The number of pyridine rings is 1. The molecule has 196 valence electrons. The highest BCUT2D eigenvalue weighted by Gasteiger charge is 2.39. The number of benzene rings is 2. The summed E-state index contributed by atoms with van der Waals surface area (Å²) in [5.74, 6) is -2.41. The molecule has 0 saturated heterocycles. The quantitative estimate of drug-likeness (QED) is 0.287. The molecule has 2 aromatic carbocycles. The van der Waals surface area contributed by atoms with Gasteiger partial charge in [-0.1, -0.05) is 42.0 Å². The first-order valence-corrected chi connectivity index (χ1v) is 12.0. The number of carbonyl (C=O) groups excluding carboxylic acids is 1. The van der Waals surface area contributed by atoms with Gasteiger partial charge in [0.1, 0.15) is 5.69 Å². The highest BCUT2D eigenvalue weighted by atomic mass is 79.9. The van der Waals surface area contributed by atoms with Gasteiger partial charge in [-0.25, -0.2) is 0 Å². The lowest BCUT2D eigenvalue weighted by Crippen LogP contribution is -2.23. The molecule has 1 unspecified atom stereocenters. The molecule has 3 nitrogen and oxygen atoms in total. The SMILES string of the molecule is Cc1cc(C(/C=C/c2ccc(C(=O)NCc3ccc(C(F)(F)F)nc3)c(Br)c2)C(F)(F)F)cc(Cl)c1C. The second kappa shape index (κ2) is 11.3. The van der Waals surface area contributed by atoms with Crippen molar-refractivity contribution < 1.29 is 31.1 Å². The molecule has 1 aromatic heterocycles. The Morgan fingerprint density at radius 1 is 1.08 bits per heavy atom. The van der Waals surface area contributed by atoms with Crippen molar-refractivity contribution in [3.05, 3.63) is 103 Å². The molecule has 3 rings (SSSR count). The molecule has 0 aliphatic rings. The van der Waals surface area contributed by atoms with Crippen molar-refractivity contribution in [2.24, 2.45) is 0 Å². The number of rotatable bonds is 6. The molecule has 0 bridgehead atoms. The highest BCUT2D eigenvalue weighted by Crippen LogP contribution is 2.38. The van der Waals surface area contributed by atoms with Crippen LogP contribution in [0.3, 0.4) is 0 Å². The lowest BCUT2D eigenvalue weighted by Gasteiger charge is -2.19. The third-order valence-electron chi connectivity index (χ3n) is 5.63. The van der Waals surface area contributed by atoms with E-state index in [-0.39, 0.29) is 22.7 Å². The zero-order valence-corrected chi connectivity index (χ0v) is 21.8. The van der Waals surface area contributed by atoms with Gasteiger partial charge in [0, 0.05) is 22.2 Å². The number of nitrogens with zero attached hydrogens (tertiary/aromatic N) is 1. The van der Waals surface area contributed by atoms with Gasteiger partial charge in [0.05, 0.1) is 11.5 Å². The van der Waals surface area contributed by atoms with Crippen molar-refractivity contribution in [3.63, 3.8) is 0 Å². The molecule has 11 heteroatoms. The Balaban J connectivity index is 1.74. The molecule has 0 saturated carbocycles. The number of hydrogen-bond donors (Lipinski definition) is 1. The number of carbonyl (C=O) groups is 1. The topological polar surface area (TPSA) is 42.0 Å². The average Bonchev–Trinajstić information content (AvgIpc) is 2.80. The van der Waals surface area contributed by atoms with Crippen molar-refractivity contribution in [2.45, 2.75) is 38.7 Å². The van der Waals surface area contributed by atoms with Crippen LogP contribution >= 0.6 is 27.5 Å². The van der Waals surface area contributed by atoms with Gasteiger partial charge in [0.2, 0.25) is 0 Å². The van der Waals surface area contributed by atoms with E-state index in [1.807, 2.05) is 0 Å². The van der Waals surface area contributed by atoms with Crippen LogP contribution in [0.25, 0.3) is 6.08 Å². The van der Waals surface area contributed by atoms with E-state index in [1.165, 1.54) is 42.5 Å². The largest absolute Gasteiger partial charge is 0.433 e. The summed E-state index contributed by atoms with van der Waals surface area (Å²) in [7, 11) is 0. The Kier molecular flexibility index (Phi) is 8.74. The Morgan fingerprint density at radius 2 is 1.78 bits per heavy atom. The van der Waals surface area contributed by atoms with Crippen LogP contribution in [0, 0.1) is 13.8 Å². The van der Waals surface area contributed by atoms with Gasteiger partial charge in [-0.05, 0) is 81.9 Å². The Labute approximate surface area is 222 Å². The van der Waals surface area contributed by atoms with E-state index in [9.17, 15) is 31.1 Å². The molecule has 1 amide bonds. The van der Waals surface area contributed by atoms with Crippen molar-refractivity contribution in [2.75, 3.05) is 0 Å². The van der Waals surface area contributed by atoms with E-state index in [0.29, 0.717) is 26.7 Å². The van der Waals surface area contributed by atoms with Crippen LogP contribution in [-0.2, 0) is 12.7 Å². The van der Waals surface area contributed by atoms with E-state index < -0.39 is 29.9 Å². The molecule has 0 aliphatic heterocycles. The predicted octanol–water partition coefficient (Wildman–Crippen LogP) is 8.42. The smallest absolute Gasteiger partial charge is 0.348 e. The number of amides is 1. The van der Waals surface area contributed by atoms with Crippen molar-refractivity contribution in [3.8, 4) is 0 Å². The van der Waals surface area contributed by atoms with Crippen LogP contribution in [0.15, 0.2) is 59.2 Å². The summed E-state index contributed by atoms with van der Waals surface area (Å²) in [4.78, 5) is 15.9. The maximum Gasteiger partial charge on any atom is 0.433 e. The molecular weight excluding hydrogens is 586 g/mol. The number of aryl methyl sites for hydroxylation is 1. The van der Waals surface area contributed by atoms with Crippen molar-refractivity contribution >= 4 is 39.5 Å². The summed E-state index contributed by atoms with van der Waals surface area (Å²) in [6.45, 7) is 3.36. The molecule has 0 radical (unpaired) electrons.